The van der Waals surface area contributed by atoms with Crippen LogP contribution in [-0.2, 0) is 57.1 Å². The predicted molar refractivity (Wildman–Crippen MR) is 502 cm³/mol. The predicted octanol–water partition coefficient (Wildman–Crippen LogP) is 30.0. The van der Waals surface area contributed by atoms with Gasteiger partial charge in [0.1, 0.15) is 12.7 Å². The van der Waals surface area contributed by atoms with Gasteiger partial charge in [-0.3, -0.25) is 28.9 Å². The average molecular weight is 1700 g/mol. The largest absolute Gasteiger partial charge is 0.508 e. The molecule has 15 nitrogen and oxygen atoms in total. The minimum Gasteiger partial charge on any atom is -0.466 e. The SMILES string of the molecule is CCCCCC(CCCCC)CCOC(=O)CCCCCCCCCC(CCCCCCCC(=O)OCCC(CCCCC)C(CCCC)C(CCC)CC(CCCCC)CC(=O)OCCCCCCCCCCC(CCCCCCCCOC(=O)CC(CCCCC)CCCCC)C(=O)OCCCN1CCCC1)OC(=O)OCCN1CCCC1. The van der Waals surface area contributed by atoms with Crippen LogP contribution in [0.3, 0.4) is 0 Å². The lowest BCUT2D eigenvalue weighted by Gasteiger charge is -2.36. The Bertz CT molecular complexity index is 2290. The fraction of sp³-hybridized carbons (Fsp3) is 0.943. The topological polar surface area (TPSA) is 174 Å². The van der Waals surface area contributed by atoms with Crippen LogP contribution in [0.2, 0.25) is 0 Å². The molecule has 0 bridgehead atoms. The molecule has 2 saturated heterocycles. The van der Waals surface area contributed by atoms with E-state index in [1.54, 1.807) is 0 Å². The van der Waals surface area contributed by atoms with Crippen LogP contribution in [0.15, 0.2) is 0 Å². The number of carbonyl (C=O) groups is 6. The molecule has 2 heterocycles. The van der Waals surface area contributed by atoms with E-state index in [-0.39, 0.29) is 41.9 Å². The third kappa shape index (κ3) is 66.9. The van der Waals surface area contributed by atoms with E-state index in [1.807, 2.05) is 0 Å². The first kappa shape index (κ1) is 113. The summed E-state index contributed by atoms with van der Waals surface area (Å²) in [6.07, 6.45) is 76.3. The second kappa shape index (κ2) is 83.7. The van der Waals surface area contributed by atoms with Gasteiger partial charge in [0.05, 0.1) is 39.0 Å². The Labute approximate surface area is 741 Å². The summed E-state index contributed by atoms with van der Waals surface area (Å²) in [6, 6.07) is 0. The van der Waals surface area contributed by atoms with Crippen LogP contribution in [0.4, 0.5) is 4.79 Å². The Morgan fingerprint density at radius 3 is 1.08 bits per heavy atom. The molecule has 15 heteroatoms. The van der Waals surface area contributed by atoms with Gasteiger partial charge in [0, 0.05) is 38.8 Å². The van der Waals surface area contributed by atoms with E-state index in [0.717, 1.165) is 283 Å². The highest BCUT2D eigenvalue weighted by Gasteiger charge is 2.32. The molecule has 120 heavy (non-hydrogen) atoms. The average Bonchev–Trinajstić information content (AvgIpc) is 0.878. The van der Waals surface area contributed by atoms with Crippen LogP contribution in [-0.4, -0.2) is 131 Å². The number of ether oxygens (including phenoxy) is 7. The van der Waals surface area contributed by atoms with E-state index >= 15 is 0 Å². The van der Waals surface area contributed by atoms with Crippen molar-refractivity contribution in [1.29, 1.82) is 0 Å². The lowest BCUT2D eigenvalue weighted by Crippen LogP contribution is -2.28. The number of nitrogens with zero attached hydrogens (tertiary/aromatic N) is 2. The van der Waals surface area contributed by atoms with Crippen molar-refractivity contribution in [2.45, 2.75) is 517 Å². The zero-order valence-corrected chi connectivity index (χ0v) is 80.5. The second-order valence-corrected chi connectivity index (χ2v) is 37.8. The molecular weight excluding hydrogens is 1500 g/mol. The number of likely N-dealkylation sites (tertiary alicyclic amines) is 2. The minimum absolute atomic E-state index is 0.00685. The lowest BCUT2D eigenvalue weighted by atomic mass is 9.69. The maximum atomic E-state index is 13.8. The van der Waals surface area contributed by atoms with Gasteiger partial charge >= 0.3 is 36.0 Å². The molecule has 2 rings (SSSR count). The maximum Gasteiger partial charge on any atom is 0.508 e. The highest BCUT2D eigenvalue weighted by atomic mass is 16.7. The van der Waals surface area contributed by atoms with Gasteiger partial charge in [0.2, 0.25) is 0 Å². The van der Waals surface area contributed by atoms with Gasteiger partial charge in [0.25, 0.3) is 0 Å². The van der Waals surface area contributed by atoms with Crippen molar-refractivity contribution >= 4 is 36.0 Å². The molecule has 2 aliphatic rings. The Morgan fingerprint density at radius 2 is 0.625 bits per heavy atom. The van der Waals surface area contributed by atoms with Gasteiger partial charge in [-0.2, -0.15) is 0 Å². The zero-order valence-electron chi connectivity index (χ0n) is 80.5. The molecule has 0 spiro atoms. The van der Waals surface area contributed by atoms with Crippen molar-refractivity contribution in [2.75, 3.05) is 78.9 Å². The summed E-state index contributed by atoms with van der Waals surface area (Å²) >= 11 is 0. The highest BCUT2D eigenvalue weighted by Crippen LogP contribution is 2.41. The summed E-state index contributed by atoms with van der Waals surface area (Å²) in [7, 11) is 0. The van der Waals surface area contributed by atoms with Crippen LogP contribution in [0, 0.1) is 41.4 Å². The van der Waals surface area contributed by atoms with Crippen LogP contribution in [0.25, 0.3) is 0 Å². The Hall–Kier alpha value is -3.46. The van der Waals surface area contributed by atoms with Gasteiger partial charge < -0.3 is 38.1 Å². The molecule has 6 unspecified atom stereocenters. The van der Waals surface area contributed by atoms with Crippen molar-refractivity contribution < 1.29 is 61.9 Å². The number of carbonyl (C=O) groups excluding carboxylic acids is 6. The van der Waals surface area contributed by atoms with Crippen LogP contribution in [0.5, 0.6) is 0 Å². The van der Waals surface area contributed by atoms with Crippen LogP contribution < -0.4 is 0 Å². The smallest absolute Gasteiger partial charge is 0.466 e. The molecule has 0 aromatic heterocycles. The molecular formula is C105H198N2O13. The Kier molecular flexibility index (Phi) is 78.6. The van der Waals surface area contributed by atoms with Gasteiger partial charge in [0.15, 0.2) is 0 Å². The van der Waals surface area contributed by atoms with Crippen molar-refractivity contribution in [3.8, 4) is 0 Å². The molecule has 2 fully saturated rings. The molecule has 0 aromatic rings. The summed E-state index contributed by atoms with van der Waals surface area (Å²) < 4.78 is 41.1. The quantitative estimate of drug-likeness (QED) is 0.0319. The summed E-state index contributed by atoms with van der Waals surface area (Å²) in [5.74, 6) is 2.86. The summed E-state index contributed by atoms with van der Waals surface area (Å²) in [4.78, 5) is 83.9. The molecule has 0 N–H and O–H groups in total. The third-order valence-electron chi connectivity index (χ3n) is 26.8. The molecule has 0 saturated carbocycles. The molecule has 0 aromatic carbocycles. The fourth-order valence-electron chi connectivity index (χ4n) is 19.2. The number of esters is 5. The van der Waals surface area contributed by atoms with Crippen molar-refractivity contribution in [3.63, 3.8) is 0 Å². The zero-order chi connectivity index (χ0) is 86.9. The Morgan fingerprint density at radius 1 is 0.258 bits per heavy atom. The minimum atomic E-state index is -0.540. The van der Waals surface area contributed by atoms with E-state index < -0.39 is 6.16 Å². The standard InChI is InChI=1S/C105H198N2O13/c1-9-17-42-62-92(63-43-18-10-2)75-86-116-100(108)73-52-38-29-26-28-36-50-70-98(120-105(113)119-88-82-107-79-56-57-80-107)71-51-37-33-39-53-74-101(109)117-87-76-95(67-47-22-14-6)99(72-23-15-7)97(61-16-8)89-94(66-46-21-13-5)91-103(111)115-84-58-40-31-25-24-27-34-48-68-96(104(112)118-85-60-81-106-77-54-55-78-106)69-49-35-30-32-41-59-83-114-102(110)90-93(64-44-19-11-3)65-45-20-12-4/h92-99H,9-91H2,1-8H3. The maximum absolute atomic E-state index is 13.8. The Balaban J connectivity index is 1.82. The van der Waals surface area contributed by atoms with Crippen molar-refractivity contribution in [3.05, 3.63) is 0 Å². The van der Waals surface area contributed by atoms with Gasteiger partial charge in [-0.15, -0.1) is 0 Å². The van der Waals surface area contributed by atoms with Crippen LogP contribution >= 0.6 is 0 Å². The monoisotopic (exact) mass is 1700 g/mol. The molecule has 0 amide bonds. The molecule has 0 aliphatic carbocycles. The third-order valence-corrected chi connectivity index (χ3v) is 26.8. The molecule has 2 aliphatic heterocycles. The summed E-state index contributed by atoms with van der Waals surface area (Å²) in [5, 5.41) is 0. The normalized spacial score (nSPS) is 14.8. The first-order valence-corrected chi connectivity index (χ1v) is 52.9. The summed E-state index contributed by atoms with van der Waals surface area (Å²) in [6.45, 7) is 27.5. The first-order chi connectivity index (χ1) is 58.8. The number of hydrogen-bond donors (Lipinski definition) is 0. The van der Waals surface area contributed by atoms with E-state index in [9.17, 15) is 28.8 Å². The van der Waals surface area contributed by atoms with Crippen molar-refractivity contribution in [1.82, 2.24) is 9.80 Å². The second-order valence-electron chi connectivity index (χ2n) is 37.8. The van der Waals surface area contributed by atoms with Gasteiger partial charge in [-0.1, -0.05) is 344 Å². The van der Waals surface area contributed by atoms with Crippen molar-refractivity contribution in [2.24, 2.45) is 41.4 Å². The highest BCUT2D eigenvalue weighted by molar-refractivity contribution is 5.72. The number of rotatable bonds is 90. The van der Waals surface area contributed by atoms with E-state index in [0.29, 0.717) is 101 Å². The molecule has 6 atom stereocenters. The number of hydrogen-bond acceptors (Lipinski definition) is 15. The van der Waals surface area contributed by atoms with E-state index in [4.69, 9.17) is 33.2 Å². The molecule has 0 radical (unpaired) electrons. The number of unbranched alkanes of at least 4 members (excludes halogenated alkanes) is 35. The lowest BCUT2D eigenvalue weighted by molar-refractivity contribution is -0.149. The van der Waals surface area contributed by atoms with Gasteiger partial charge in [-0.25, -0.2) is 4.79 Å². The molecule has 706 valence electrons. The van der Waals surface area contributed by atoms with E-state index in [2.05, 4.69) is 65.2 Å². The fourth-order valence-corrected chi connectivity index (χ4v) is 19.2. The summed E-state index contributed by atoms with van der Waals surface area (Å²) in [5.41, 5.74) is 0. The van der Waals surface area contributed by atoms with Crippen LogP contribution in [0.1, 0.15) is 511 Å². The first-order valence-electron chi connectivity index (χ1n) is 52.9. The van der Waals surface area contributed by atoms with Gasteiger partial charge in [-0.05, 0) is 203 Å². The van der Waals surface area contributed by atoms with E-state index in [1.165, 1.54) is 186 Å².